The Balaban J connectivity index is 2.01. The number of carbonyl (C=O) groups is 1. The summed E-state index contributed by atoms with van der Waals surface area (Å²) in [7, 11) is 0. The van der Waals surface area contributed by atoms with Gasteiger partial charge in [0.25, 0.3) is 0 Å². The van der Waals surface area contributed by atoms with Crippen molar-refractivity contribution in [3.05, 3.63) is 11.1 Å². The van der Waals surface area contributed by atoms with E-state index in [1.807, 2.05) is 27.7 Å². The van der Waals surface area contributed by atoms with Crippen LogP contribution < -0.4 is 0 Å². The third-order valence-corrected chi connectivity index (χ3v) is 9.18. The lowest BCUT2D eigenvalue weighted by Gasteiger charge is -2.67. The SMILES string of the molecule is CC1=C2[C@@H](C)C(=O)[C@]3(C)C(O)CC4OC[C@@]4(O)C3C(C)C(O)(CC1O)C2(C)C. The highest BCUT2D eigenvalue weighted by atomic mass is 16.6. The van der Waals surface area contributed by atoms with Crippen molar-refractivity contribution < 1.29 is 30.0 Å². The van der Waals surface area contributed by atoms with Crippen molar-refractivity contribution in [2.45, 2.75) is 83.9 Å². The maximum Gasteiger partial charge on any atom is 0.148 e. The van der Waals surface area contributed by atoms with Crippen LogP contribution in [0.15, 0.2) is 11.1 Å². The van der Waals surface area contributed by atoms with Gasteiger partial charge in [-0.25, -0.2) is 0 Å². The van der Waals surface area contributed by atoms with Crippen molar-refractivity contribution in [1.29, 1.82) is 0 Å². The zero-order valence-electron chi connectivity index (χ0n) is 17.7. The lowest BCUT2D eigenvalue weighted by atomic mass is 9.42. The molecule has 6 heteroatoms. The second-order valence-electron chi connectivity index (χ2n) is 10.5. The number of Topliss-reactive ketones (excluding diaryl/α,β-unsaturated/α-hetero) is 1. The van der Waals surface area contributed by atoms with E-state index in [-0.39, 0.29) is 25.2 Å². The first-order valence-electron chi connectivity index (χ1n) is 10.4. The molecule has 2 bridgehead atoms. The lowest BCUT2D eigenvalue weighted by Crippen LogP contribution is -2.78. The van der Waals surface area contributed by atoms with Gasteiger partial charge in [-0.3, -0.25) is 4.79 Å². The summed E-state index contributed by atoms with van der Waals surface area (Å²) >= 11 is 0. The van der Waals surface area contributed by atoms with Crippen LogP contribution in [-0.4, -0.2) is 62.3 Å². The van der Waals surface area contributed by atoms with Crippen LogP contribution in [0.2, 0.25) is 0 Å². The maximum atomic E-state index is 13.9. The molecule has 0 radical (unpaired) electrons. The number of ether oxygens (including phenoxy) is 1. The van der Waals surface area contributed by atoms with Gasteiger partial charge < -0.3 is 25.2 Å². The largest absolute Gasteiger partial charge is 0.392 e. The highest BCUT2D eigenvalue weighted by Gasteiger charge is 2.73. The van der Waals surface area contributed by atoms with Gasteiger partial charge >= 0.3 is 0 Å². The Morgan fingerprint density at radius 2 is 1.71 bits per heavy atom. The molecular weight excluding hydrogens is 360 g/mol. The summed E-state index contributed by atoms with van der Waals surface area (Å²) in [6.07, 6.45) is -2.00. The number of aliphatic hydroxyl groups excluding tert-OH is 2. The minimum atomic E-state index is -1.34. The Morgan fingerprint density at radius 1 is 1.11 bits per heavy atom. The number of ketones is 1. The van der Waals surface area contributed by atoms with E-state index in [1.54, 1.807) is 13.8 Å². The van der Waals surface area contributed by atoms with Crippen LogP contribution in [-0.2, 0) is 9.53 Å². The van der Waals surface area contributed by atoms with Crippen molar-refractivity contribution in [3.63, 3.8) is 0 Å². The molecule has 1 aliphatic heterocycles. The first-order chi connectivity index (χ1) is 12.7. The van der Waals surface area contributed by atoms with E-state index in [0.717, 1.165) is 11.1 Å². The lowest BCUT2D eigenvalue weighted by molar-refractivity contribution is -0.335. The molecule has 9 atom stereocenters. The molecule has 0 aromatic rings. The molecule has 6 unspecified atom stereocenters. The third kappa shape index (κ3) is 2.04. The number of rotatable bonds is 0. The van der Waals surface area contributed by atoms with Gasteiger partial charge in [-0.15, -0.1) is 0 Å². The number of fused-ring (bicyclic) bond motifs is 5. The predicted molar refractivity (Wildman–Crippen MR) is 102 cm³/mol. The Morgan fingerprint density at radius 3 is 2.25 bits per heavy atom. The highest BCUT2D eigenvalue weighted by molar-refractivity contribution is 5.91. The molecule has 4 aliphatic rings. The summed E-state index contributed by atoms with van der Waals surface area (Å²) < 4.78 is 5.55. The van der Waals surface area contributed by atoms with Crippen molar-refractivity contribution in [1.82, 2.24) is 0 Å². The van der Waals surface area contributed by atoms with Gasteiger partial charge in [0, 0.05) is 30.1 Å². The average molecular weight is 395 g/mol. The van der Waals surface area contributed by atoms with Crippen LogP contribution >= 0.6 is 0 Å². The Hall–Kier alpha value is -0.790. The summed E-state index contributed by atoms with van der Waals surface area (Å²) in [5, 5.41) is 45.4. The molecule has 0 aromatic carbocycles. The molecule has 0 amide bonds. The second kappa shape index (κ2) is 5.67. The van der Waals surface area contributed by atoms with Gasteiger partial charge in [0.05, 0.1) is 35.9 Å². The van der Waals surface area contributed by atoms with Crippen molar-refractivity contribution in [2.24, 2.45) is 28.6 Å². The monoisotopic (exact) mass is 394 g/mol. The van der Waals surface area contributed by atoms with Crippen LogP contribution in [0.1, 0.15) is 54.4 Å². The smallest absolute Gasteiger partial charge is 0.148 e. The Labute approximate surface area is 166 Å². The molecule has 28 heavy (non-hydrogen) atoms. The molecule has 4 rings (SSSR count). The van der Waals surface area contributed by atoms with Gasteiger partial charge in [0.15, 0.2) is 0 Å². The zero-order valence-corrected chi connectivity index (χ0v) is 17.7. The van der Waals surface area contributed by atoms with Gasteiger partial charge in [-0.1, -0.05) is 27.7 Å². The van der Waals surface area contributed by atoms with E-state index >= 15 is 0 Å². The van der Waals surface area contributed by atoms with Crippen molar-refractivity contribution in [2.75, 3.05) is 6.61 Å². The van der Waals surface area contributed by atoms with Gasteiger partial charge in [-0.05, 0) is 30.9 Å². The van der Waals surface area contributed by atoms with E-state index in [2.05, 4.69) is 0 Å². The minimum absolute atomic E-state index is 0.0947. The van der Waals surface area contributed by atoms with E-state index in [1.165, 1.54) is 0 Å². The molecule has 3 fully saturated rings. The third-order valence-electron chi connectivity index (χ3n) is 9.18. The van der Waals surface area contributed by atoms with E-state index in [4.69, 9.17) is 4.74 Å². The Bertz CT molecular complexity index is 758. The standard InChI is InChI=1S/C22H34O6/c1-10-13(23)8-22(27)12(3)17-20(6,14(24)7-15-21(17,26)9-28-15)18(25)11(2)16(10)19(22,4)5/h11-15,17,23-24,26-27H,7-9H2,1-6H3/t11-,12?,13?,14?,15?,17?,20-,21+,22?/m1/s1. The molecule has 158 valence electrons. The number of carbonyl (C=O) groups excluding carboxylic acids is 1. The Kier molecular flexibility index (Phi) is 4.15. The fourth-order valence-electron chi connectivity index (χ4n) is 7.50. The minimum Gasteiger partial charge on any atom is -0.392 e. The van der Waals surface area contributed by atoms with Crippen LogP contribution in [0.25, 0.3) is 0 Å². The average Bonchev–Trinajstić information content (AvgIpc) is 2.60. The van der Waals surface area contributed by atoms with Crippen molar-refractivity contribution in [3.8, 4) is 0 Å². The number of hydrogen-bond donors (Lipinski definition) is 4. The summed E-state index contributed by atoms with van der Waals surface area (Å²) in [5.41, 5.74) is -3.07. The number of aliphatic hydroxyl groups is 4. The molecular formula is C22H34O6. The number of hydrogen-bond acceptors (Lipinski definition) is 6. The van der Waals surface area contributed by atoms with E-state index in [9.17, 15) is 25.2 Å². The fraction of sp³-hybridized carbons (Fsp3) is 0.864. The van der Waals surface area contributed by atoms with Crippen LogP contribution in [0.5, 0.6) is 0 Å². The molecule has 3 aliphatic carbocycles. The van der Waals surface area contributed by atoms with Crippen LogP contribution in [0.4, 0.5) is 0 Å². The van der Waals surface area contributed by atoms with Gasteiger partial charge in [0.2, 0.25) is 0 Å². The molecule has 0 aromatic heterocycles. The predicted octanol–water partition coefficient (Wildman–Crippen LogP) is 1.20. The van der Waals surface area contributed by atoms with Crippen LogP contribution in [0.3, 0.4) is 0 Å². The normalized spacial score (nSPS) is 55.6. The molecule has 2 saturated carbocycles. The maximum absolute atomic E-state index is 13.9. The fourth-order valence-corrected chi connectivity index (χ4v) is 7.50. The second-order valence-corrected chi connectivity index (χ2v) is 10.5. The van der Waals surface area contributed by atoms with Crippen molar-refractivity contribution >= 4 is 5.78 Å². The first kappa shape index (κ1) is 20.5. The van der Waals surface area contributed by atoms with Gasteiger partial charge in [0.1, 0.15) is 11.4 Å². The zero-order chi connectivity index (χ0) is 21.0. The quantitative estimate of drug-likeness (QED) is 0.460. The van der Waals surface area contributed by atoms with E-state index in [0.29, 0.717) is 0 Å². The topological polar surface area (TPSA) is 107 Å². The highest BCUT2D eigenvalue weighted by Crippen LogP contribution is 2.64. The molecule has 4 N–H and O–H groups in total. The molecule has 1 saturated heterocycles. The summed E-state index contributed by atoms with van der Waals surface area (Å²) in [4.78, 5) is 13.9. The summed E-state index contributed by atoms with van der Waals surface area (Å²) in [6, 6.07) is 0. The van der Waals surface area contributed by atoms with E-state index < -0.39 is 58.1 Å². The summed E-state index contributed by atoms with van der Waals surface area (Å²) in [5.74, 6) is -1.91. The molecule has 0 spiro atoms. The summed E-state index contributed by atoms with van der Waals surface area (Å²) in [6.45, 7) is 11.2. The first-order valence-corrected chi connectivity index (χ1v) is 10.4. The molecule has 1 heterocycles. The molecule has 6 nitrogen and oxygen atoms in total. The van der Waals surface area contributed by atoms with Gasteiger partial charge in [-0.2, -0.15) is 0 Å². The van der Waals surface area contributed by atoms with Crippen LogP contribution in [0, 0.1) is 28.6 Å².